The Kier molecular flexibility index (Phi) is 5.77. The topological polar surface area (TPSA) is 127 Å². The van der Waals surface area contributed by atoms with Crippen LogP contribution in [0.25, 0.3) is 0 Å². The number of aldehydes is 1. The van der Waals surface area contributed by atoms with Crippen LogP contribution in [0.3, 0.4) is 0 Å². The van der Waals surface area contributed by atoms with Gasteiger partial charge in [0, 0.05) is 7.11 Å². The molecule has 7 nitrogen and oxygen atoms in total. The van der Waals surface area contributed by atoms with Gasteiger partial charge in [-0.05, 0) is 0 Å². The van der Waals surface area contributed by atoms with Gasteiger partial charge in [-0.2, -0.15) is 0 Å². The third-order valence-electron chi connectivity index (χ3n) is 1.76. The molecule has 0 aromatic heterocycles. The molecule has 0 aliphatic carbocycles. The van der Waals surface area contributed by atoms with E-state index in [-0.39, 0.29) is 6.29 Å². The van der Waals surface area contributed by atoms with Crippen molar-refractivity contribution in [2.24, 2.45) is 0 Å². The van der Waals surface area contributed by atoms with Crippen LogP contribution in [0, 0.1) is 0 Å². The highest BCUT2D eigenvalue weighted by Crippen LogP contribution is 2.18. The number of carbonyl (C=O) groups is 1. The predicted octanol–water partition coefficient (Wildman–Crippen LogP) is -3.41. The summed E-state index contributed by atoms with van der Waals surface area (Å²) in [7, 11) is 1.00. The van der Waals surface area contributed by atoms with Gasteiger partial charge in [0.2, 0.25) is 0 Å². The second-order valence-corrected chi connectivity index (χ2v) is 2.60. The van der Waals surface area contributed by atoms with Crippen molar-refractivity contribution in [3.8, 4) is 0 Å². The Hall–Kier alpha value is -0.570. The smallest absolute Gasteiger partial charge is 0.184 e. The summed E-state index contributed by atoms with van der Waals surface area (Å²) >= 11 is 0. The minimum absolute atomic E-state index is 0.253. The summed E-state index contributed by atoms with van der Waals surface area (Å²) in [6.45, 7) is 0. The molecule has 1 fully saturated rings. The molecule has 1 aliphatic rings. The number of aliphatic hydroxyl groups is 5. The van der Waals surface area contributed by atoms with Crippen LogP contribution < -0.4 is 0 Å². The van der Waals surface area contributed by atoms with E-state index in [1.54, 1.807) is 0 Å². The SMILES string of the molecule is CO.O=CC1OC(O)C(O)C(O)C1O. The van der Waals surface area contributed by atoms with Gasteiger partial charge in [-0.3, -0.25) is 0 Å². The molecule has 1 rings (SSSR count). The Morgan fingerprint density at radius 3 is 1.93 bits per heavy atom. The summed E-state index contributed by atoms with van der Waals surface area (Å²) in [4.78, 5) is 10.2. The summed E-state index contributed by atoms with van der Waals surface area (Å²) < 4.78 is 4.46. The van der Waals surface area contributed by atoms with Crippen LogP contribution in [0.5, 0.6) is 0 Å². The minimum atomic E-state index is -1.64. The second-order valence-electron chi connectivity index (χ2n) is 2.60. The monoisotopic (exact) mass is 210 g/mol. The quantitative estimate of drug-likeness (QED) is 0.285. The molecule has 5 N–H and O–H groups in total. The maximum atomic E-state index is 10.2. The fraction of sp³-hybridized carbons (Fsp3) is 0.857. The molecule has 0 radical (unpaired) electrons. The summed E-state index contributed by atoms with van der Waals surface area (Å²) in [5, 5.41) is 42.9. The van der Waals surface area contributed by atoms with Crippen molar-refractivity contribution >= 4 is 6.29 Å². The number of carbonyl (C=O) groups excluding carboxylic acids is 1. The first-order valence-corrected chi connectivity index (χ1v) is 3.85. The lowest BCUT2D eigenvalue weighted by Crippen LogP contribution is -2.57. The number of hydrogen-bond acceptors (Lipinski definition) is 7. The first-order chi connectivity index (χ1) is 6.57. The maximum absolute atomic E-state index is 10.2. The highest BCUT2D eigenvalue weighted by atomic mass is 16.6. The molecule has 1 aliphatic heterocycles. The van der Waals surface area contributed by atoms with Crippen LogP contribution >= 0.6 is 0 Å². The van der Waals surface area contributed by atoms with Gasteiger partial charge >= 0.3 is 0 Å². The highest BCUT2D eigenvalue weighted by molar-refractivity contribution is 5.57. The molecule has 0 aromatic carbocycles. The van der Waals surface area contributed by atoms with Gasteiger partial charge in [0.25, 0.3) is 0 Å². The summed E-state index contributed by atoms with van der Waals surface area (Å²) in [5.74, 6) is 0. The van der Waals surface area contributed by atoms with Gasteiger partial charge in [-0.1, -0.05) is 0 Å². The molecule has 0 spiro atoms. The van der Waals surface area contributed by atoms with Gasteiger partial charge in [-0.25, -0.2) is 0 Å². The van der Waals surface area contributed by atoms with Crippen molar-refractivity contribution in [3.05, 3.63) is 0 Å². The summed E-state index contributed by atoms with van der Waals surface area (Å²) in [6, 6.07) is 0. The normalized spacial score (nSPS) is 42.3. The Labute approximate surface area is 80.2 Å². The molecule has 0 bridgehead atoms. The third-order valence-corrected chi connectivity index (χ3v) is 1.76. The summed E-state index contributed by atoms with van der Waals surface area (Å²) in [6.07, 6.45) is -7.33. The van der Waals surface area contributed by atoms with Crippen molar-refractivity contribution < 1.29 is 35.1 Å². The highest BCUT2D eigenvalue weighted by Gasteiger charge is 2.42. The van der Waals surface area contributed by atoms with Crippen LogP contribution in [0.2, 0.25) is 0 Å². The van der Waals surface area contributed by atoms with Gasteiger partial charge in [0.05, 0.1) is 0 Å². The Balaban J connectivity index is 0.000000791. The number of rotatable bonds is 1. The average molecular weight is 210 g/mol. The molecule has 0 aromatic rings. The Morgan fingerprint density at radius 1 is 1.00 bits per heavy atom. The fourth-order valence-corrected chi connectivity index (χ4v) is 1.000. The van der Waals surface area contributed by atoms with Crippen molar-refractivity contribution in [1.29, 1.82) is 0 Å². The molecule has 0 saturated carbocycles. The van der Waals surface area contributed by atoms with E-state index in [1.807, 2.05) is 0 Å². The molecule has 5 atom stereocenters. The molecule has 84 valence electrons. The van der Waals surface area contributed by atoms with Crippen molar-refractivity contribution in [3.63, 3.8) is 0 Å². The fourth-order valence-electron chi connectivity index (χ4n) is 1.000. The molecular formula is C7H14O7. The van der Waals surface area contributed by atoms with E-state index in [9.17, 15) is 4.79 Å². The van der Waals surface area contributed by atoms with E-state index < -0.39 is 30.7 Å². The van der Waals surface area contributed by atoms with Crippen LogP contribution in [0.1, 0.15) is 0 Å². The zero-order valence-electron chi connectivity index (χ0n) is 7.52. The molecule has 0 amide bonds. The van der Waals surface area contributed by atoms with Gasteiger partial charge < -0.3 is 35.1 Å². The maximum Gasteiger partial charge on any atom is 0.184 e. The van der Waals surface area contributed by atoms with Gasteiger partial charge in [0.1, 0.15) is 24.4 Å². The van der Waals surface area contributed by atoms with E-state index in [1.165, 1.54) is 0 Å². The van der Waals surface area contributed by atoms with Crippen LogP contribution in [0.15, 0.2) is 0 Å². The van der Waals surface area contributed by atoms with Crippen LogP contribution in [-0.4, -0.2) is 69.6 Å². The Morgan fingerprint density at radius 2 is 1.50 bits per heavy atom. The van der Waals surface area contributed by atoms with Crippen LogP contribution in [-0.2, 0) is 9.53 Å². The average Bonchev–Trinajstić information content (AvgIpc) is 2.23. The van der Waals surface area contributed by atoms with Crippen molar-refractivity contribution in [2.75, 3.05) is 7.11 Å². The molecule has 1 saturated heterocycles. The molecule has 1 heterocycles. The van der Waals surface area contributed by atoms with Crippen molar-refractivity contribution in [1.82, 2.24) is 0 Å². The van der Waals surface area contributed by atoms with E-state index >= 15 is 0 Å². The predicted molar refractivity (Wildman–Crippen MR) is 43.1 cm³/mol. The first-order valence-electron chi connectivity index (χ1n) is 3.85. The number of ether oxygens (including phenoxy) is 1. The van der Waals surface area contributed by atoms with Crippen LogP contribution in [0.4, 0.5) is 0 Å². The molecule has 7 heteroatoms. The Bertz CT molecular complexity index is 173. The molecule has 14 heavy (non-hydrogen) atoms. The first kappa shape index (κ1) is 13.4. The second kappa shape index (κ2) is 6.02. The van der Waals surface area contributed by atoms with E-state index in [0.717, 1.165) is 7.11 Å². The largest absolute Gasteiger partial charge is 0.400 e. The lowest BCUT2D eigenvalue weighted by molar-refractivity contribution is -0.272. The lowest BCUT2D eigenvalue weighted by Gasteiger charge is -2.35. The third kappa shape index (κ3) is 2.71. The summed E-state index contributed by atoms with van der Waals surface area (Å²) in [5.41, 5.74) is 0. The van der Waals surface area contributed by atoms with E-state index in [0.29, 0.717) is 0 Å². The van der Waals surface area contributed by atoms with E-state index in [2.05, 4.69) is 4.74 Å². The molecule has 5 unspecified atom stereocenters. The zero-order valence-corrected chi connectivity index (χ0v) is 7.52. The zero-order chi connectivity index (χ0) is 11.3. The number of aliphatic hydroxyl groups excluding tert-OH is 5. The van der Waals surface area contributed by atoms with Crippen molar-refractivity contribution in [2.45, 2.75) is 30.7 Å². The van der Waals surface area contributed by atoms with Gasteiger partial charge in [0.15, 0.2) is 12.6 Å². The molecular weight excluding hydrogens is 196 g/mol. The van der Waals surface area contributed by atoms with Gasteiger partial charge in [-0.15, -0.1) is 0 Å². The minimum Gasteiger partial charge on any atom is -0.400 e. The lowest BCUT2D eigenvalue weighted by atomic mass is 10.00. The number of hydrogen-bond donors (Lipinski definition) is 5. The van der Waals surface area contributed by atoms with E-state index in [4.69, 9.17) is 25.5 Å². The standard InChI is InChI=1S/C6H10O6.CH4O/c7-1-2-3(8)4(9)5(10)6(11)12-2;1-2/h1-6,8-11H;2H,1H3.